The molecule has 2 atom stereocenters. The van der Waals surface area contributed by atoms with Crippen molar-refractivity contribution in [1.29, 1.82) is 0 Å². The molecule has 0 saturated carbocycles. The molecule has 0 aliphatic rings. The molecule has 102 valence electrons. The summed E-state index contributed by atoms with van der Waals surface area (Å²) in [5.74, 6) is -0.607. The Balaban J connectivity index is 3.26. The molecule has 0 radical (unpaired) electrons. The van der Waals surface area contributed by atoms with Gasteiger partial charge in [0.2, 0.25) is 0 Å². The molecule has 0 spiro atoms. The highest BCUT2D eigenvalue weighted by molar-refractivity contribution is 9.11. The van der Waals surface area contributed by atoms with Crippen molar-refractivity contribution in [2.75, 3.05) is 5.75 Å². The highest BCUT2D eigenvalue weighted by Crippen LogP contribution is 2.42. The minimum atomic E-state index is -3.53. The van der Waals surface area contributed by atoms with Crippen LogP contribution in [-0.4, -0.2) is 22.9 Å². The van der Waals surface area contributed by atoms with E-state index in [9.17, 15) is 17.9 Å². The lowest BCUT2D eigenvalue weighted by Gasteiger charge is -2.31. The molecular formula is C12H16BrFO3S. The Morgan fingerprint density at radius 2 is 2.06 bits per heavy atom. The molecule has 1 aromatic rings. The molecule has 0 heterocycles. The van der Waals surface area contributed by atoms with Gasteiger partial charge >= 0.3 is 0 Å². The van der Waals surface area contributed by atoms with Crippen molar-refractivity contribution in [2.45, 2.75) is 30.0 Å². The monoisotopic (exact) mass is 338 g/mol. The summed E-state index contributed by atoms with van der Waals surface area (Å²) >= 11 is 3.13. The van der Waals surface area contributed by atoms with Gasteiger partial charge in [0.15, 0.2) is 13.5 Å². The molecular weight excluding hydrogens is 323 g/mol. The molecule has 0 amide bonds. The van der Waals surface area contributed by atoms with Gasteiger partial charge < -0.3 is 5.11 Å². The second-order valence-corrected chi connectivity index (χ2v) is 8.48. The molecule has 1 aromatic carbocycles. The van der Waals surface area contributed by atoms with Gasteiger partial charge in [0.1, 0.15) is 11.9 Å². The zero-order valence-corrected chi connectivity index (χ0v) is 12.6. The summed E-state index contributed by atoms with van der Waals surface area (Å²) in [5.41, 5.74) is 0.241. The summed E-state index contributed by atoms with van der Waals surface area (Å²) in [4.78, 5) is 0. The van der Waals surface area contributed by atoms with Gasteiger partial charge in [-0.05, 0) is 24.1 Å². The molecule has 1 rings (SSSR count). The topological polar surface area (TPSA) is 54.4 Å². The number of aliphatic hydroxyl groups is 1. The van der Waals surface area contributed by atoms with Crippen LogP contribution >= 0.6 is 15.9 Å². The van der Waals surface area contributed by atoms with Crippen molar-refractivity contribution in [3.63, 3.8) is 0 Å². The summed E-state index contributed by atoms with van der Waals surface area (Å²) in [6.07, 6.45) is -1.14. The van der Waals surface area contributed by atoms with Crippen molar-refractivity contribution in [3.05, 3.63) is 35.6 Å². The average Bonchev–Trinajstić information content (AvgIpc) is 2.36. The Morgan fingerprint density at radius 3 is 2.50 bits per heavy atom. The average molecular weight is 339 g/mol. The summed E-state index contributed by atoms with van der Waals surface area (Å²) in [7, 11) is -3.53. The third-order valence-corrected chi connectivity index (χ3v) is 7.73. The predicted octanol–water partition coefficient (Wildman–Crippen LogP) is 2.80. The molecule has 0 aliphatic carbocycles. The third-order valence-electron chi connectivity index (χ3n) is 2.95. The first kappa shape index (κ1) is 15.6. The van der Waals surface area contributed by atoms with E-state index in [1.165, 1.54) is 25.1 Å². The predicted molar refractivity (Wildman–Crippen MR) is 72.8 cm³/mol. The van der Waals surface area contributed by atoms with Gasteiger partial charge in [-0.15, -0.1) is 0 Å². The first-order valence-electron chi connectivity index (χ1n) is 5.63. The van der Waals surface area contributed by atoms with Gasteiger partial charge in [-0.3, -0.25) is 0 Å². The number of aliphatic hydroxyl groups excluding tert-OH is 1. The molecule has 0 unspecified atom stereocenters. The van der Waals surface area contributed by atoms with Crippen LogP contribution in [0.4, 0.5) is 4.39 Å². The molecule has 0 aromatic heterocycles. The fraction of sp³-hybridized carbons (Fsp3) is 0.500. The smallest absolute Gasteiger partial charge is 0.168 e. The van der Waals surface area contributed by atoms with E-state index in [-0.39, 0.29) is 17.7 Å². The summed E-state index contributed by atoms with van der Waals surface area (Å²) < 4.78 is 35.7. The molecule has 1 N–H and O–H groups in total. The Kier molecular flexibility index (Phi) is 4.91. The van der Waals surface area contributed by atoms with Crippen molar-refractivity contribution < 1.29 is 17.9 Å². The number of halogens is 2. The summed E-state index contributed by atoms with van der Waals surface area (Å²) in [6.45, 7) is 3.17. The standard InChI is InChI=1S/C12H16BrFO3S/c1-3-12(13,18(16,17)4-2)11(15)9-6-5-7-10(14)8-9/h5-8,11,15H,3-4H2,1-2H3/t11-,12-/m0/s1. The molecule has 3 nitrogen and oxygen atoms in total. The number of sulfone groups is 1. The van der Waals surface area contributed by atoms with Crippen molar-refractivity contribution >= 4 is 25.8 Å². The number of rotatable bonds is 5. The first-order chi connectivity index (χ1) is 8.28. The second-order valence-electron chi connectivity index (χ2n) is 4.00. The van der Waals surface area contributed by atoms with Crippen LogP contribution in [0.2, 0.25) is 0 Å². The van der Waals surface area contributed by atoms with Crippen LogP contribution < -0.4 is 0 Å². The van der Waals surface area contributed by atoms with E-state index in [0.717, 1.165) is 6.07 Å². The van der Waals surface area contributed by atoms with Gasteiger partial charge in [-0.25, -0.2) is 12.8 Å². The number of hydrogen-bond donors (Lipinski definition) is 1. The van der Waals surface area contributed by atoms with E-state index in [2.05, 4.69) is 15.9 Å². The van der Waals surface area contributed by atoms with E-state index in [1.54, 1.807) is 6.92 Å². The number of benzene rings is 1. The van der Waals surface area contributed by atoms with Gasteiger partial charge in [0, 0.05) is 5.75 Å². The lowest BCUT2D eigenvalue weighted by molar-refractivity contribution is 0.159. The maximum Gasteiger partial charge on any atom is 0.168 e. The van der Waals surface area contributed by atoms with Gasteiger partial charge in [0.25, 0.3) is 0 Å². The molecule has 6 heteroatoms. The Bertz CT molecular complexity index is 518. The van der Waals surface area contributed by atoms with Crippen LogP contribution in [-0.2, 0) is 9.84 Å². The SMILES string of the molecule is CC[C@@](Br)([C@@H](O)c1cccc(F)c1)S(=O)(=O)CC. The lowest BCUT2D eigenvalue weighted by Crippen LogP contribution is -2.39. The zero-order chi connectivity index (χ0) is 14.0. The maximum absolute atomic E-state index is 13.1. The Hall–Kier alpha value is -0.460. The van der Waals surface area contributed by atoms with Crippen molar-refractivity contribution in [3.8, 4) is 0 Å². The Morgan fingerprint density at radius 1 is 1.44 bits per heavy atom. The van der Waals surface area contributed by atoms with Gasteiger partial charge in [0.05, 0.1) is 0 Å². The summed E-state index contributed by atoms with van der Waals surface area (Å²) in [6, 6.07) is 5.33. The van der Waals surface area contributed by atoms with Crippen LogP contribution in [0, 0.1) is 5.82 Å². The van der Waals surface area contributed by atoms with E-state index in [0.29, 0.717) is 0 Å². The van der Waals surface area contributed by atoms with Crippen molar-refractivity contribution in [1.82, 2.24) is 0 Å². The highest BCUT2D eigenvalue weighted by Gasteiger charge is 2.45. The lowest BCUT2D eigenvalue weighted by atomic mass is 10.0. The van der Waals surface area contributed by atoms with Crippen LogP contribution in [0.5, 0.6) is 0 Å². The Labute approximate surface area is 115 Å². The van der Waals surface area contributed by atoms with Crippen LogP contribution in [0.25, 0.3) is 0 Å². The van der Waals surface area contributed by atoms with Crippen LogP contribution in [0.1, 0.15) is 31.9 Å². The molecule has 0 fully saturated rings. The second kappa shape index (κ2) is 5.67. The van der Waals surface area contributed by atoms with E-state index < -0.39 is 25.4 Å². The normalized spacial score (nSPS) is 17.2. The van der Waals surface area contributed by atoms with E-state index in [4.69, 9.17) is 0 Å². The number of alkyl halides is 1. The van der Waals surface area contributed by atoms with E-state index >= 15 is 0 Å². The zero-order valence-electron chi connectivity index (χ0n) is 10.2. The molecule has 0 saturated heterocycles. The van der Waals surface area contributed by atoms with Crippen molar-refractivity contribution in [2.24, 2.45) is 0 Å². The molecule has 0 bridgehead atoms. The number of hydrogen-bond acceptors (Lipinski definition) is 3. The quantitative estimate of drug-likeness (QED) is 0.840. The first-order valence-corrected chi connectivity index (χ1v) is 8.07. The van der Waals surface area contributed by atoms with Gasteiger partial charge in [-0.1, -0.05) is 41.9 Å². The molecule has 18 heavy (non-hydrogen) atoms. The fourth-order valence-electron chi connectivity index (χ4n) is 1.75. The van der Waals surface area contributed by atoms with Crippen LogP contribution in [0.15, 0.2) is 24.3 Å². The fourth-order valence-corrected chi connectivity index (χ4v) is 4.10. The van der Waals surface area contributed by atoms with Gasteiger partial charge in [-0.2, -0.15) is 0 Å². The third kappa shape index (κ3) is 2.75. The maximum atomic E-state index is 13.1. The highest BCUT2D eigenvalue weighted by atomic mass is 79.9. The minimum absolute atomic E-state index is 0.0987. The summed E-state index contributed by atoms with van der Waals surface area (Å²) in [5, 5.41) is 10.2. The largest absolute Gasteiger partial charge is 0.386 e. The van der Waals surface area contributed by atoms with E-state index in [1.807, 2.05) is 0 Å². The minimum Gasteiger partial charge on any atom is -0.386 e. The molecule has 0 aliphatic heterocycles. The van der Waals surface area contributed by atoms with Crippen LogP contribution in [0.3, 0.4) is 0 Å².